The summed E-state index contributed by atoms with van der Waals surface area (Å²) >= 11 is 0. The van der Waals surface area contributed by atoms with Crippen LogP contribution < -0.4 is 0 Å². The second-order valence-electron chi connectivity index (χ2n) is 19.7. The number of rotatable bonds is 5. The molecule has 2 heteroatoms. The lowest BCUT2D eigenvalue weighted by molar-refractivity contribution is -0.00518. The minimum absolute atomic E-state index is 0.0501. The fourth-order valence-electron chi connectivity index (χ4n) is 13.1. The second kappa shape index (κ2) is 12.2. The molecule has 1 heterocycles. The van der Waals surface area contributed by atoms with E-state index in [4.69, 9.17) is 9.97 Å². The lowest BCUT2D eigenvalue weighted by Gasteiger charge is -2.57. The maximum absolute atomic E-state index is 5.48. The average Bonchev–Trinajstić information content (AvgIpc) is 3.62. The number of hydrogen-bond acceptors (Lipinski definition) is 2. The molecular weight excluding hydrogens is 701 g/mol. The highest BCUT2D eigenvalue weighted by atomic mass is 14.9. The predicted octanol–water partition coefficient (Wildman–Crippen LogP) is 14.2. The highest BCUT2D eigenvalue weighted by Crippen LogP contribution is 2.61. The molecule has 2 nitrogen and oxygen atoms in total. The fourth-order valence-corrected chi connectivity index (χ4v) is 13.1. The quantitative estimate of drug-likeness (QED) is 0.175. The largest absolute Gasteiger partial charge is 0.228 e. The van der Waals surface area contributed by atoms with Gasteiger partial charge < -0.3 is 0 Å². The summed E-state index contributed by atoms with van der Waals surface area (Å²) in [7, 11) is 0. The van der Waals surface area contributed by atoms with E-state index in [2.05, 4.69) is 167 Å². The second-order valence-corrected chi connectivity index (χ2v) is 19.7. The maximum atomic E-state index is 5.48. The van der Waals surface area contributed by atoms with Crippen molar-refractivity contribution in [2.24, 2.45) is 17.8 Å². The van der Waals surface area contributed by atoms with Crippen LogP contribution in [0.5, 0.6) is 0 Å². The van der Waals surface area contributed by atoms with Gasteiger partial charge in [-0.2, -0.15) is 0 Å². The minimum atomic E-state index is -0.205. The number of hydrogen-bond donors (Lipinski definition) is 0. The van der Waals surface area contributed by atoms with Gasteiger partial charge in [0.1, 0.15) is 0 Å². The number of benzene rings is 6. The van der Waals surface area contributed by atoms with E-state index in [0.717, 1.165) is 46.1 Å². The van der Waals surface area contributed by atoms with Crippen LogP contribution in [0.2, 0.25) is 0 Å². The topological polar surface area (TPSA) is 25.8 Å². The summed E-state index contributed by atoms with van der Waals surface area (Å²) in [6.45, 7) is 9.47. The lowest BCUT2D eigenvalue weighted by Crippen LogP contribution is -2.48. The van der Waals surface area contributed by atoms with Crippen molar-refractivity contribution < 1.29 is 0 Å². The first-order valence-corrected chi connectivity index (χ1v) is 21.7. The molecule has 0 amide bonds. The zero-order chi connectivity index (χ0) is 39.0. The van der Waals surface area contributed by atoms with E-state index in [-0.39, 0.29) is 10.8 Å². The summed E-state index contributed by atoms with van der Waals surface area (Å²) < 4.78 is 0. The highest BCUT2D eigenvalue weighted by molar-refractivity contribution is 5.92. The zero-order valence-corrected chi connectivity index (χ0v) is 34.1. The normalized spacial score (nSPS) is 23.6. The fraction of sp³-hybridized carbons (Fsp3) is 0.286. The molecule has 0 spiro atoms. The Kier molecular flexibility index (Phi) is 7.25. The van der Waals surface area contributed by atoms with E-state index in [1.165, 1.54) is 99.7 Å². The Morgan fingerprint density at radius 2 is 0.948 bits per heavy atom. The van der Waals surface area contributed by atoms with Crippen molar-refractivity contribution in [1.82, 2.24) is 9.97 Å². The Balaban J connectivity index is 1.04. The van der Waals surface area contributed by atoms with Crippen molar-refractivity contribution in [3.05, 3.63) is 167 Å². The van der Waals surface area contributed by atoms with E-state index < -0.39 is 0 Å². The molecule has 1 aromatic heterocycles. The molecule has 0 radical (unpaired) electrons. The van der Waals surface area contributed by atoms with Gasteiger partial charge in [-0.3, -0.25) is 0 Å². The van der Waals surface area contributed by atoms with Gasteiger partial charge in [0.05, 0.1) is 11.4 Å². The van der Waals surface area contributed by atoms with Crippen molar-refractivity contribution >= 4 is 0 Å². The van der Waals surface area contributed by atoms with Gasteiger partial charge in [-0.05, 0) is 147 Å². The van der Waals surface area contributed by atoms with E-state index in [9.17, 15) is 0 Å². The molecule has 0 aliphatic heterocycles. The summed E-state index contributed by atoms with van der Waals surface area (Å²) in [6.07, 6.45) is 8.59. The van der Waals surface area contributed by atoms with Crippen molar-refractivity contribution in [2.45, 2.75) is 82.5 Å². The van der Waals surface area contributed by atoms with Crippen LogP contribution in [0, 0.1) is 17.8 Å². The standard InChI is InChI=1S/C56H50N2/c1-54(2)47-16-10-8-14-42(47)44-27-39(20-23-49(44)54)50-30-51(58-53(57-50)38-12-6-5-7-13-38)46-29-40(28-45-43-15-9-11-17-48(43)55(3,4)52(45)46)37-18-21-41(22-19-37)56-31-34-24-35(32-56)26-36(25-34)33-56/h5-23,27-30,34-36H,24-26,31-33H2,1-4H3. The van der Waals surface area contributed by atoms with Gasteiger partial charge in [0, 0.05) is 27.5 Å². The molecule has 284 valence electrons. The molecule has 0 atom stereocenters. The molecule has 4 bridgehead atoms. The molecule has 0 N–H and O–H groups in total. The van der Waals surface area contributed by atoms with E-state index in [0.29, 0.717) is 5.41 Å². The Morgan fingerprint density at radius 1 is 0.414 bits per heavy atom. The average molecular weight is 751 g/mol. The molecule has 4 saturated carbocycles. The summed E-state index contributed by atoms with van der Waals surface area (Å²) in [6, 6.07) is 52.4. The van der Waals surface area contributed by atoms with Crippen LogP contribution in [0.15, 0.2) is 140 Å². The van der Waals surface area contributed by atoms with Crippen molar-refractivity contribution in [3.63, 3.8) is 0 Å². The Labute approximate surface area is 343 Å². The minimum Gasteiger partial charge on any atom is -0.228 e. The Hall–Kier alpha value is -5.60. The van der Waals surface area contributed by atoms with Crippen molar-refractivity contribution in [1.29, 1.82) is 0 Å². The van der Waals surface area contributed by atoms with Gasteiger partial charge in [-0.25, -0.2) is 9.97 Å². The first-order chi connectivity index (χ1) is 28.1. The summed E-state index contributed by atoms with van der Waals surface area (Å²) in [4.78, 5) is 10.8. The third-order valence-corrected chi connectivity index (χ3v) is 15.4. The van der Waals surface area contributed by atoms with E-state index in [1.54, 1.807) is 5.56 Å². The van der Waals surface area contributed by atoms with Crippen LogP contribution in [-0.2, 0) is 16.2 Å². The number of nitrogens with zero attached hydrogens (tertiary/aromatic N) is 2. The van der Waals surface area contributed by atoms with Gasteiger partial charge in [-0.1, -0.05) is 143 Å². The molecule has 58 heavy (non-hydrogen) atoms. The third kappa shape index (κ3) is 5.03. The van der Waals surface area contributed by atoms with Crippen LogP contribution in [0.3, 0.4) is 0 Å². The zero-order valence-electron chi connectivity index (χ0n) is 34.1. The summed E-state index contributed by atoms with van der Waals surface area (Å²) in [5.41, 5.74) is 20.2. The van der Waals surface area contributed by atoms with Gasteiger partial charge in [0.25, 0.3) is 0 Å². The van der Waals surface area contributed by atoms with Crippen LogP contribution in [0.4, 0.5) is 0 Å². The van der Waals surface area contributed by atoms with Crippen LogP contribution >= 0.6 is 0 Å². The molecule has 0 saturated heterocycles. The van der Waals surface area contributed by atoms with Gasteiger partial charge in [0.2, 0.25) is 0 Å². The van der Waals surface area contributed by atoms with E-state index >= 15 is 0 Å². The SMILES string of the molecule is CC1(C)c2ccccc2-c2cc(-c3cc(-c4cc(-c5ccc(C67CC8CC(CC(C8)C6)C7)cc5)cc5c4C(C)(C)c4ccccc4-5)nc(-c4ccccc4)n3)ccc21. The van der Waals surface area contributed by atoms with E-state index in [1.807, 2.05) is 0 Å². The molecular formula is C56H50N2. The molecule has 13 rings (SSSR count). The van der Waals surface area contributed by atoms with Crippen molar-refractivity contribution in [2.75, 3.05) is 0 Å². The summed E-state index contributed by atoms with van der Waals surface area (Å²) in [5.74, 6) is 3.56. The van der Waals surface area contributed by atoms with Crippen molar-refractivity contribution in [3.8, 4) is 67.3 Å². The van der Waals surface area contributed by atoms with Gasteiger partial charge in [-0.15, -0.1) is 0 Å². The third-order valence-electron chi connectivity index (χ3n) is 15.4. The van der Waals surface area contributed by atoms with Crippen LogP contribution in [0.1, 0.15) is 94.0 Å². The van der Waals surface area contributed by atoms with Crippen LogP contribution in [-0.4, -0.2) is 9.97 Å². The smallest absolute Gasteiger partial charge is 0.160 e. The molecule has 4 fully saturated rings. The summed E-state index contributed by atoms with van der Waals surface area (Å²) in [5, 5.41) is 0. The molecule has 6 aromatic carbocycles. The maximum Gasteiger partial charge on any atom is 0.160 e. The van der Waals surface area contributed by atoms with Gasteiger partial charge in [0.15, 0.2) is 5.82 Å². The van der Waals surface area contributed by atoms with Crippen LogP contribution in [0.25, 0.3) is 67.3 Å². The highest BCUT2D eigenvalue weighted by Gasteiger charge is 2.51. The monoisotopic (exact) mass is 750 g/mol. The molecule has 0 unspecified atom stereocenters. The first kappa shape index (κ1) is 34.4. The molecule has 6 aliphatic carbocycles. The first-order valence-electron chi connectivity index (χ1n) is 21.7. The Morgan fingerprint density at radius 3 is 1.64 bits per heavy atom. The number of fused-ring (bicyclic) bond motifs is 6. The molecule has 6 aliphatic rings. The molecule has 7 aromatic rings. The van der Waals surface area contributed by atoms with Gasteiger partial charge >= 0.3 is 0 Å². The lowest BCUT2D eigenvalue weighted by atomic mass is 9.48. The predicted molar refractivity (Wildman–Crippen MR) is 239 cm³/mol. The number of aromatic nitrogens is 2. The Bertz CT molecular complexity index is 2770.